The molecule has 0 heterocycles. The van der Waals surface area contributed by atoms with E-state index in [9.17, 15) is 4.79 Å². The number of rotatable bonds is 7. The number of carbonyl (C=O) groups excluding carboxylic acids is 1. The van der Waals surface area contributed by atoms with Gasteiger partial charge in [-0.25, -0.2) is 0 Å². The summed E-state index contributed by atoms with van der Waals surface area (Å²) in [6, 6.07) is 15.5. The van der Waals surface area contributed by atoms with Crippen LogP contribution in [0.3, 0.4) is 0 Å². The summed E-state index contributed by atoms with van der Waals surface area (Å²) in [4.78, 5) is 11.7. The van der Waals surface area contributed by atoms with Gasteiger partial charge in [0, 0.05) is 17.8 Å². The molecule has 2 N–H and O–H groups in total. The second kappa shape index (κ2) is 8.42. The van der Waals surface area contributed by atoms with Crippen LogP contribution >= 0.6 is 0 Å². The van der Waals surface area contributed by atoms with E-state index in [4.69, 9.17) is 9.47 Å². The van der Waals surface area contributed by atoms with E-state index in [-0.39, 0.29) is 18.1 Å². The molecule has 0 radical (unpaired) electrons. The van der Waals surface area contributed by atoms with E-state index in [1.165, 1.54) is 0 Å². The number of amides is 1. The molecule has 0 atom stereocenters. The number of nitrogens with one attached hydrogen (secondary N) is 2. The Morgan fingerprint density at radius 1 is 0.960 bits per heavy atom. The molecule has 2 rings (SSSR count). The van der Waals surface area contributed by atoms with Crippen LogP contribution in [0.25, 0.3) is 0 Å². The van der Waals surface area contributed by atoms with Crippen molar-refractivity contribution in [3.8, 4) is 11.5 Å². The Balaban J connectivity index is 1.80. The van der Waals surface area contributed by atoms with Crippen LogP contribution in [-0.2, 0) is 11.3 Å². The highest BCUT2D eigenvalue weighted by molar-refractivity contribution is 5.78. The minimum Gasteiger partial charge on any atom is -0.497 e. The van der Waals surface area contributed by atoms with Crippen molar-refractivity contribution in [2.45, 2.75) is 32.9 Å². The lowest BCUT2D eigenvalue weighted by atomic mass is 10.1. The van der Waals surface area contributed by atoms with E-state index in [1.807, 2.05) is 69.3 Å². The van der Waals surface area contributed by atoms with Crippen molar-refractivity contribution in [2.24, 2.45) is 0 Å². The fourth-order valence-electron chi connectivity index (χ4n) is 2.22. The standard InChI is InChI=1S/C20H26N2O3/c1-20(2,3)22-19(23)14-25-18-9-5-15(6-10-18)13-21-16-7-11-17(24-4)12-8-16/h5-12,21H,13-14H2,1-4H3,(H,22,23). The zero-order valence-corrected chi connectivity index (χ0v) is 15.3. The van der Waals surface area contributed by atoms with Gasteiger partial charge in [-0.05, 0) is 62.7 Å². The van der Waals surface area contributed by atoms with Gasteiger partial charge in [0.25, 0.3) is 5.91 Å². The van der Waals surface area contributed by atoms with Crippen molar-refractivity contribution < 1.29 is 14.3 Å². The second-order valence-corrected chi connectivity index (χ2v) is 6.81. The summed E-state index contributed by atoms with van der Waals surface area (Å²) >= 11 is 0. The van der Waals surface area contributed by atoms with Gasteiger partial charge >= 0.3 is 0 Å². The topological polar surface area (TPSA) is 59.6 Å². The molecule has 25 heavy (non-hydrogen) atoms. The van der Waals surface area contributed by atoms with Gasteiger partial charge in [0.2, 0.25) is 0 Å². The van der Waals surface area contributed by atoms with Crippen LogP contribution in [0.4, 0.5) is 5.69 Å². The lowest BCUT2D eigenvalue weighted by Gasteiger charge is -2.20. The van der Waals surface area contributed by atoms with Crippen LogP contribution in [0.2, 0.25) is 0 Å². The molecule has 5 nitrogen and oxygen atoms in total. The highest BCUT2D eigenvalue weighted by Crippen LogP contribution is 2.17. The van der Waals surface area contributed by atoms with Crippen molar-refractivity contribution in [2.75, 3.05) is 19.0 Å². The van der Waals surface area contributed by atoms with E-state index >= 15 is 0 Å². The molecule has 0 aliphatic rings. The Hall–Kier alpha value is -2.69. The Kier molecular flexibility index (Phi) is 6.28. The maximum absolute atomic E-state index is 11.7. The molecule has 0 saturated heterocycles. The number of benzene rings is 2. The molecular weight excluding hydrogens is 316 g/mol. The first-order valence-corrected chi connectivity index (χ1v) is 8.26. The van der Waals surface area contributed by atoms with Crippen LogP contribution in [-0.4, -0.2) is 25.2 Å². The summed E-state index contributed by atoms with van der Waals surface area (Å²) < 4.78 is 10.7. The predicted octanol–water partition coefficient (Wildman–Crippen LogP) is 3.60. The monoisotopic (exact) mass is 342 g/mol. The quantitative estimate of drug-likeness (QED) is 0.807. The van der Waals surface area contributed by atoms with Crippen molar-refractivity contribution in [3.05, 3.63) is 54.1 Å². The molecule has 134 valence electrons. The van der Waals surface area contributed by atoms with Gasteiger partial charge in [-0.1, -0.05) is 12.1 Å². The summed E-state index contributed by atoms with van der Waals surface area (Å²) in [5.74, 6) is 1.39. The van der Waals surface area contributed by atoms with Gasteiger partial charge in [-0.2, -0.15) is 0 Å². The highest BCUT2D eigenvalue weighted by atomic mass is 16.5. The first-order valence-electron chi connectivity index (χ1n) is 8.26. The third kappa shape index (κ3) is 6.75. The summed E-state index contributed by atoms with van der Waals surface area (Å²) in [7, 11) is 1.65. The summed E-state index contributed by atoms with van der Waals surface area (Å²) in [6.45, 7) is 6.54. The van der Waals surface area contributed by atoms with Crippen molar-refractivity contribution in [1.82, 2.24) is 5.32 Å². The van der Waals surface area contributed by atoms with E-state index in [0.29, 0.717) is 12.3 Å². The molecular formula is C20H26N2O3. The van der Waals surface area contributed by atoms with E-state index in [2.05, 4.69) is 10.6 Å². The first-order chi connectivity index (χ1) is 11.9. The van der Waals surface area contributed by atoms with Gasteiger partial charge in [0.1, 0.15) is 11.5 Å². The molecule has 0 saturated carbocycles. The average Bonchev–Trinajstić information content (AvgIpc) is 2.58. The predicted molar refractivity (Wildman–Crippen MR) is 100 cm³/mol. The largest absolute Gasteiger partial charge is 0.497 e. The van der Waals surface area contributed by atoms with Gasteiger partial charge in [-0.15, -0.1) is 0 Å². The fourth-order valence-corrected chi connectivity index (χ4v) is 2.22. The third-order valence-electron chi connectivity index (χ3n) is 3.39. The molecule has 0 bridgehead atoms. The van der Waals surface area contributed by atoms with Crippen molar-refractivity contribution in [1.29, 1.82) is 0 Å². The maximum Gasteiger partial charge on any atom is 0.258 e. The first kappa shape index (κ1) is 18.6. The average molecular weight is 342 g/mol. The van der Waals surface area contributed by atoms with Crippen LogP contribution in [0.5, 0.6) is 11.5 Å². The number of anilines is 1. The lowest BCUT2D eigenvalue weighted by molar-refractivity contribution is -0.124. The van der Waals surface area contributed by atoms with Gasteiger partial charge < -0.3 is 20.1 Å². The molecule has 0 aliphatic heterocycles. The highest BCUT2D eigenvalue weighted by Gasteiger charge is 2.13. The van der Waals surface area contributed by atoms with Crippen molar-refractivity contribution in [3.63, 3.8) is 0 Å². The maximum atomic E-state index is 11.7. The summed E-state index contributed by atoms with van der Waals surface area (Å²) in [5.41, 5.74) is 1.90. The molecule has 0 aliphatic carbocycles. The summed E-state index contributed by atoms with van der Waals surface area (Å²) in [6.07, 6.45) is 0. The summed E-state index contributed by atoms with van der Waals surface area (Å²) in [5, 5.41) is 6.21. The van der Waals surface area contributed by atoms with Crippen LogP contribution in [0.15, 0.2) is 48.5 Å². The lowest BCUT2D eigenvalue weighted by Crippen LogP contribution is -2.43. The third-order valence-corrected chi connectivity index (χ3v) is 3.39. The second-order valence-electron chi connectivity index (χ2n) is 6.81. The Morgan fingerprint density at radius 2 is 1.56 bits per heavy atom. The van der Waals surface area contributed by atoms with Crippen LogP contribution < -0.4 is 20.1 Å². The number of hydrogen-bond acceptors (Lipinski definition) is 4. The molecule has 2 aromatic rings. The molecule has 2 aromatic carbocycles. The Morgan fingerprint density at radius 3 is 2.12 bits per heavy atom. The Labute approximate surface area is 149 Å². The minimum absolute atomic E-state index is 0.0146. The number of methoxy groups -OCH3 is 1. The molecule has 0 unspecified atom stereocenters. The number of hydrogen-bond donors (Lipinski definition) is 2. The normalized spacial score (nSPS) is 10.9. The van der Waals surface area contributed by atoms with Gasteiger partial charge in [-0.3, -0.25) is 4.79 Å². The molecule has 0 aromatic heterocycles. The molecule has 5 heteroatoms. The van der Waals surface area contributed by atoms with Gasteiger partial charge in [0.15, 0.2) is 6.61 Å². The molecule has 0 spiro atoms. The number of carbonyl (C=O) groups is 1. The fraction of sp³-hybridized carbons (Fsp3) is 0.350. The minimum atomic E-state index is -0.253. The smallest absolute Gasteiger partial charge is 0.258 e. The van der Waals surface area contributed by atoms with Crippen LogP contribution in [0, 0.1) is 0 Å². The van der Waals surface area contributed by atoms with Gasteiger partial charge in [0.05, 0.1) is 7.11 Å². The Bertz CT molecular complexity index is 674. The van der Waals surface area contributed by atoms with Crippen molar-refractivity contribution >= 4 is 11.6 Å². The number of ether oxygens (including phenoxy) is 2. The SMILES string of the molecule is COc1ccc(NCc2ccc(OCC(=O)NC(C)(C)C)cc2)cc1. The van der Waals surface area contributed by atoms with E-state index in [0.717, 1.165) is 17.0 Å². The zero-order valence-electron chi connectivity index (χ0n) is 15.3. The molecule has 0 fully saturated rings. The zero-order chi connectivity index (χ0) is 18.3. The molecule has 1 amide bonds. The van der Waals surface area contributed by atoms with Crippen LogP contribution in [0.1, 0.15) is 26.3 Å². The van der Waals surface area contributed by atoms with E-state index < -0.39 is 0 Å². The van der Waals surface area contributed by atoms with E-state index in [1.54, 1.807) is 7.11 Å².